The fourth-order valence-corrected chi connectivity index (χ4v) is 5.30. The minimum Gasteiger partial charge on any atom is -0.346 e. The van der Waals surface area contributed by atoms with Crippen LogP contribution in [0.1, 0.15) is 49.5 Å². The first-order valence-electron chi connectivity index (χ1n) is 9.52. The molecular formula is C21H19ClFN3O2S2. The summed E-state index contributed by atoms with van der Waals surface area (Å²) in [4.78, 5) is 32.3. The van der Waals surface area contributed by atoms with E-state index in [4.69, 9.17) is 11.6 Å². The topological polar surface area (TPSA) is 62.3 Å². The summed E-state index contributed by atoms with van der Waals surface area (Å²) in [6.07, 6.45) is 1.42. The Morgan fingerprint density at radius 2 is 2.00 bits per heavy atom. The number of thiazole rings is 1. The average molecular weight is 464 g/mol. The van der Waals surface area contributed by atoms with E-state index in [0.29, 0.717) is 38.2 Å². The molecule has 9 heteroatoms. The SMILES string of the molecule is O=C(NCc1cccs1)c1csc(C2CCN(C(=O)c3c(F)cccc3Cl)CC2)n1. The Labute approximate surface area is 186 Å². The van der Waals surface area contributed by atoms with Gasteiger partial charge in [0.25, 0.3) is 11.8 Å². The maximum absolute atomic E-state index is 14.1. The van der Waals surface area contributed by atoms with E-state index >= 15 is 0 Å². The van der Waals surface area contributed by atoms with Crippen LogP contribution in [-0.2, 0) is 6.54 Å². The number of thiophene rings is 1. The lowest BCUT2D eigenvalue weighted by Crippen LogP contribution is -2.38. The number of nitrogens with one attached hydrogen (secondary N) is 1. The molecule has 0 saturated carbocycles. The Balaban J connectivity index is 1.34. The lowest BCUT2D eigenvalue weighted by molar-refractivity contribution is 0.0708. The normalized spacial score (nSPS) is 14.7. The van der Waals surface area contributed by atoms with E-state index in [-0.39, 0.29) is 28.3 Å². The third-order valence-electron chi connectivity index (χ3n) is 5.07. The first-order valence-corrected chi connectivity index (χ1v) is 11.7. The number of piperidine rings is 1. The maximum atomic E-state index is 14.1. The number of hydrogen-bond acceptors (Lipinski definition) is 5. The molecule has 2 aromatic heterocycles. The standard InChI is InChI=1S/C21H19ClFN3O2S2/c22-15-4-1-5-16(23)18(15)21(28)26-8-6-13(7-9-26)20-25-17(12-30-20)19(27)24-11-14-3-2-10-29-14/h1-5,10,12-13H,6-9,11H2,(H,24,27). The Kier molecular flexibility index (Phi) is 6.46. The van der Waals surface area contributed by atoms with Crippen LogP contribution in [0.25, 0.3) is 0 Å². The fourth-order valence-electron chi connectivity index (χ4n) is 3.44. The molecule has 0 radical (unpaired) electrons. The van der Waals surface area contributed by atoms with Gasteiger partial charge in [0.05, 0.1) is 22.1 Å². The zero-order chi connectivity index (χ0) is 21.1. The molecule has 1 aliphatic heterocycles. The molecule has 1 fully saturated rings. The second-order valence-corrected chi connectivity index (χ2v) is 9.33. The molecule has 5 nitrogen and oxygen atoms in total. The van der Waals surface area contributed by atoms with Gasteiger partial charge in [0.15, 0.2) is 0 Å². The zero-order valence-corrected chi connectivity index (χ0v) is 18.3. The van der Waals surface area contributed by atoms with E-state index < -0.39 is 5.82 Å². The van der Waals surface area contributed by atoms with Crippen LogP contribution in [0.15, 0.2) is 41.1 Å². The van der Waals surface area contributed by atoms with Crippen LogP contribution >= 0.6 is 34.3 Å². The summed E-state index contributed by atoms with van der Waals surface area (Å²) in [5, 5.41) is 7.65. The fraction of sp³-hybridized carbons (Fsp3) is 0.286. The van der Waals surface area contributed by atoms with Crippen LogP contribution in [0.2, 0.25) is 5.02 Å². The molecule has 0 aliphatic carbocycles. The van der Waals surface area contributed by atoms with E-state index in [2.05, 4.69) is 10.3 Å². The molecule has 2 amide bonds. The van der Waals surface area contributed by atoms with Crippen molar-refractivity contribution in [3.63, 3.8) is 0 Å². The minimum absolute atomic E-state index is 0.0726. The van der Waals surface area contributed by atoms with E-state index in [0.717, 1.165) is 9.88 Å². The highest BCUT2D eigenvalue weighted by atomic mass is 35.5. The summed E-state index contributed by atoms with van der Waals surface area (Å²) in [6.45, 7) is 1.48. The zero-order valence-electron chi connectivity index (χ0n) is 15.9. The minimum atomic E-state index is -0.604. The molecule has 0 spiro atoms. The van der Waals surface area contributed by atoms with Gasteiger partial charge in [-0.2, -0.15) is 0 Å². The second kappa shape index (κ2) is 9.24. The molecule has 3 heterocycles. The number of benzene rings is 1. The predicted molar refractivity (Wildman–Crippen MR) is 117 cm³/mol. The van der Waals surface area contributed by atoms with E-state index in [9.17, 15) is 14.0 Å². The van der Waals surface area contributed by atoms with Crippen LogP contribution in [0, 0.1) is 5.82 Å². The van der Waals surface area contributed by atoms with Crippen molar-refractivity contribution in [2.24, 2.45) is 0 Å². The van der Waals surface area contributed by atoms with Gasteiger partial charge in [-0.3, -0.25) is 9.59 Å². The molecule has 0 unspecified atom stereocenters. The quantitative estimate of drug-likeness (QED) is 0.582. The summed E-state index contributed by atoms with van der Waals surface area (Å²) in [7, 11) is 0. The van der Waals surface area contributed by atoms with Gasteiger partial charge in [-0.15, -0.1) is 22.7 Å². The molecule has 3 aromatic rings. The molecule has 0 atom stereocenters. The van der Waals surface area contributed by atoms with Crippen LogP contribution in [0.3, 0.4) is 0 Å². The number of nitrogens with zero attached hydrogens (tertiary/aromatic N) is 2. The molecule has 30 heavy (non-hydrogen) atoms. The van der Waals surface area contributed by atoms with Crippen molar-refractivity contribution in [1.82, 2.24) is 15.2 Å². The molecule has 0 bridgehead atoms. The van der Waals surface area contributed by atoms with Gasteiger partial charge >= 0.3 is 0 Å². The molecule has 1 aromatic carbocycles. The van der Waals surface area contributed by atoms with Gasteiger partial charge in [-0.25, -0.2) is 9.37 Å². The van der Waals surface area contributed by atoms with Crippen molar-refractivity contribution in [3.8, 4) is 0 Å². The van der Waals surface area contributed by atoms with Gasteiger partial charge in [0, 0.05) is 29.3 Å². The summed E-state index contributed by atoms with van der Waals surface area (Å²) in [5.74, 6) is -1.00. The first-order chi connectivity index (χ1) is 14.5. The van der Waals surface area contributed by atoms with Gasteiger partial charge in [0.2, 0.25) is 0 Å². The molecule has 1 saturated heterocycles. The molecule has 1 N–H and O–H groups in total. The van der Waals surface area contributed by atoms with Crippen molar-refractivity contribution in [2.45, 2.75) is 25.3 Å². The lowest BCUT2D eigenvalue weighted by atomic mass is 9.97. The van der Waals surface area contributed by atoms with Gasteiger partial charge in [-0.1, -0.05) is 23.7 Å². The number of carbonyl (C=O) groups is 2. The summed E-state index contributed by atoms with van der Waals surface area (Å²) in [5.41, 5.74) is 0.347. The number of carbonyl (C=O) groups excluding carboxylic acids is 2. The van der Waals surface area contributed by atoms with Crippen molar-refractivity contribution in [2.75, 3.05) is 13.1 Å². The number of likely N-dealkylation sites (tertiary alicyclic amines) is 1. The lowest BCUT2D eigenvalue weighted by Gasteiger charge is -2.31. The largest absolute Gasteiger partial charge is 0.346 e. The van der Waals surface area contributed by atoms with Crippen LogP contribution in [0.5, 0.6) is 0 Å². The van der Waals surface area contributed by atoms with Gasteiger partial charge in [-0.05, 0) is 36.4 Å². The third kappa shape index (κ3) is 4.55. The monoisotopic (exact) mass is 463 g/mol. The van der Waals surface area contributed by atoms with Crippen molar-refractivity contribution < 1.29 is 14.0 Å². The molecule has 4 rings (SSSR count). The van der Waals surface area contributed by atoms with Gasteiger partial charge in [0.1, 0.15) is 11.5 Å². The smallest absolute Gasteiger partial charge is 0.271 e. The number of halogens is 2. The summed E-state index contributed by atoms with van der Waals surface area (Å²) >= 11 is 9.08. The Morgan fingerprint density at radius 3 is 2.70 bits per heavy atom. The highest BCUT2D eigenvalue weighted by Crippen LogP contribution is 2.32. The maximum Gasteiger partial charge on any atom is 0.271 e. The first kappa shape index (κ1) is 21.0. The van der Waals surface area contributed by atoms with Crippen LogP contribution < -0.4 is 5.32 Å². The van der Waals surface area contributed by atoms with E-state index in [1.54, 1.807) is 21.6 Å². The Bertz CT molecular complexity index is 1030. The molecule has 1 aliphatic rings. The van der Waals surface area contributed by atoms with E-state index in [1.165, 1.54) is 29.5 Å². The number of amides is 2. The van der Waals surface area contributed by atoms with Crippen molar-refractivity contribution in [3.05, 3.63) is 73.1 Å². The number of rotatable bonds is 5. The van der Waals surface area contributed by atoms with Gasteiger partial charge < -0.3 is 10.2 Å². The number of aromatic nitrogens is 1. The third-order valence-corrected chi connectivity index (χ3v) is 7.26. The van der Waals surface area contributed by atoms with Crippen LogP contribution in [0.4, 0.5) is 4.39 Å². The average Bonchev–Trinajstić information content (AvgIpc) is 3.44. The Morgan fingerprint density at radius 1 is 1.20 bits per heavy atom. The van der Waals surface area contributed by atoms with Crippen LogP contribution in [-0.4, -0.2) is 34.8 Å². The summed E-state index contributed by atoms with van der Waals surface area (Å²) in [6, 6.07) is 8.17. The molecule has 156 valence electrons. The predicted octanol–water partition coefficient (Wildman–Crippen LogP) is 4.95. The highest BCUT2D eigenvalue weighted by Gasteiger charge is 2.29. The van der Waals surface area contributed by atoms with Crippen molar-refractivity contribution >= 4 is 46.1 Å². The second-order valence-electron chi connectivity index (χ2n) is 7.00. The Hall–Kier alpha value is -2.29. The molecular weight excluding hydrogens is 445 g/mol. The highest BCUT2D eigenvalue weighted by molar-refractivity contribution is 7.10. The summed E-state index contributed by atoms with van der Waals surface area (Å²) < 4.78 is 14.1. The number of hydrogen-bond donors (Lipinski definition) is 1. The van der Waals surface area contributed by atoms with Crippen molar-refractivity contribution in [1.29, 1.82) is 0 Å². The van der Waals surface area contributed by atoms with E-state index in [1.807, 2.05) is 17.5 Å².